The first-order valence-corrected chi connectivity index (χ1v) is 6.94. The number of hydrogen-bond acceptors (Lipinski definition) is 2. The van der Waals surface area contributed by atoms with Crippen molar-refractivity contribution in [1.82, 2.24) is 0 Å². The van der Waals surface area contributed by atoms with Gasteiger partial charge in [0.1, 0.15) is 0 Å². The summed E-state index contributed by atoms with van der Waals surface area (Å²) >= 11 is 0. The molecule has 0 aliphatic heterocycles. The monoisotopic (exact) mass is 246 g/mol. The van der Waals surface area contributed by atoms with Gasteiger partial charge in [-0.25, -0.2) is 0 Å². The fourth-order valence-electron chi connectivity index (χ4n) is 1.90. The predicted octanol–water partition coefficient (Wildman–Crippen LogP) is 3.64. The number of unbranched alkanes of at least 4 members (excludes halogenated alkanes) is 2. The van der Waals surface area contributed by atoms with Gasteiger partial charge in [-0.2, -0.15) is 0 Å². The Kier molecular flexibility index (Phi) is 4.62. The van der Waals surface area contributed by atoms with Gasteiger partial charge in [0.2, 0.25) is 5.91 Å². The van der Waals surface area contributed by atoms with Crippen LogP contribution < -0.4 is 10.6 Å². The average molecular weight is 246 g/mol. The summed E-state index contributed by atoms with van der Waals surface area (Å²) in [6.07, 6.45) is 5.76. The van der Waals surface area contributed by atoms with Gasteiger partial charge in [0.05, 0.1) is 0 Å². The Labute approximate surface area is 109 Å². The van der Waals surface area contributed by atoms with E-state index in [1.165, 1.54) is 19.3 Å². The average Bonchev–Trinajstić information content (AvgIpc) is 3.19. The van der Waals surface area contributed by atoms with E-state index in [0.717, 1.165) is 30.8 Å². The van der Waals surface area contributed by atoms with Gasteiger partial charge in [-0.3, -0.25) is 4.79 Å². The summed E-state index contributed by atoms with van der Waals surface area (Å²) in [6, 6.07) is 7.97. The van der Waals surface area contributed by atoms with Crippen molar-refractivity contribution in [2.75, 3.05) is 17.2 Å². The topological polar surface area (TPSA) is 41.1 Å². The van der Waals surface area contributed by atoms with E-state index in [-0.39, 0.29) is 11.8 Å². The van der Waals surface area contributed by atoms with Crippen LogP contribution in [0.3, 0.4) is 0 Å². The lowest BCUT2D eigenvalue weighted by atomic mass is 10.2. The van der Waals surface area contributed by atoms with Crippen molar-refractivity contribution in [3.8, 4) is 0 Å². The van der Waals surface area contributed by atoms with Crippen molar-refractivity contribution in [2.45, 2.75) is 39.0 Å². The number of benzene rings is 1. The minimum absolute atomic E-state index is 0.165. The highest BCUT2D eigenvalue weighted by Gasteiger charge is 2.29. The Balaban J connectivity index is 1.82. The predicted molar refractivity (Wildman–Crippen MR) is 75.8 cm³/mol. The molecule has 0 radical (unpaired) electrons. The van der Waals surface area contributed by atoms with Crippen molar-refractivity contribution in [3.05, 3.63) is 24.3 Å². The van der Waals surface area contributed by atoms with Crippen molar-refractivity contribution in [2.24, 2.45) is 5.92 Å². The number of carbonyl (C=O) groups excluding carboxylic acids is 1. The lowest BCUT2D eigenvalue weighted by Crippen LogP contribution is -2.13. The van der Waals surface area contributed by atoms with Crippen molar-refractivity contribution in [1.29, 1.82) is 0 Å². The maximum atomic E-state index is 11.7. The summed E-state index contributed by atoms with van der Waals surface area (Å²) in [6.45, 7) is 3.20. The molecule has 0 spiro atoms. The normalized spacial score (nSPS) is 14.3. The Bertz CT molecular complexity index is 399. The van der Waals surface area contributed by atoms with Gasteiger partial charge < -0.3 is 10.6 Å². The molecule has 1 aromatic carbocycles. The van der Waals surface area contributed by atoms with E-state index in [0.29, 0.717) is 0 Å². The van der Waals surface area contributed by atoms with Gasteiger partial charge in [-0.1, -0.05) is 25.8 Å². The second kappa shape index (κ2) is 6.43. The van der Waals surface area contributed by atoms with Crippen molar-refractivity contribution >= 4 is 17.3 Å². The molecule has 1 aromatic rings. The summed E-state index contributed by atoms with van der Waals surface area (Å²) in [5, 5.41) is 6.35. The van der Waals surface area contributed by atoms with Crippen LogP contribution in [0.1, 0.15) is 39.0 Å². The van der Waals surface area contributed by atoms with E-state index in [2.05, 4.69) is 17.6 Å². The van der Waals surface area contributed by atoms with E-state index < -0.39 is 0 Å². The third-order valence-electron chi connectivity index (χ3n) is 3.19. The fraction of sp³-hybridized carbons (Fsp3) is 0.533. The summed E-state index contributed by atoms with van der Waals surface area (Å²) < 4.78 is 0. The first-order chi connectivity index (χ1) is 8.79. The molecule has 18 heavy (non-hydrogen) atoms. The van der Waals surface area contributed by atoms with Crippen LogP contribution in [-0.2, 0) is 4.79 Å². The molecule has 0 heterocycles. The zero-order chi connectivity index (χ0) is 12.8. The van der Waals surface area contributed by atoms with E-state index in [9.17, 15) is 4.79 Å². The SMILES string of the molecule is CCCCCNc1cccc(NC(=O)C2CC2)c1. The summed E-state index contributed by atoms with van der Waals surface area (Å²) in [5.74, 6) is 0.421. The molecule has 0 aromatic heterocycles. The highest BCUT2D eigenvalue weighted by molar-refractivity contribution is 5.94. The largest absolute Gasteiger partial charge is 0.385 e. The molecule has 1 aliphatic rings. The Morgan fingerprint density at radius 1 is 1.28 bits per heavy atom. The Hall–Kier alpha value is -1.51. The summed E-state index contributed by atoms with van der Waals surface area (Å²) in [5.41, 5.74) is 1.98. The Morgan fingerprint density at radius 3 is 2.78 bits per heavy atom. The fourth-order valence-corrected chi connectivity index (χ4v) is 1.90. The minimum atomic E-state index is 0.165. The molecule has 2 rings (SSSR count). The molecule has 0 unspecified atom stereocenters. The van der Waals surface area contributed by atoms with Crippen LogP contribution in [0.4, 0.5) is 11.4 Å². The maximum Gasteiger partial charge on any atom is 0.227 e. The molecule has 1 fully saturated rings. The van der Waals surface area contributed by atoms with E-state index >= 15 is 0 Å². The minimum Gasteiger partial charge on any atom is -0.385 e. The standard InChI is InChI=1S/C15H22N2O/c1-2-3-4-10-16-13-6-5-7-14(11-13)17-15(18)12-8-9-12/h5-7,11-12,16H,2-4,8-10H2,1H3,(H,17,18). The molecular formula is C15H22N2O. The van der Waals surface area contributed by atoms with E-state index in [1.807, 2.05) is 24.3 Å². The van der Waals surface area contributed by atoms with Crippen LogP contribution in [0.5, 0.6) is 0 Å². The molecule has 0 atom stereocenters. The van der Waals surface area contributed by atoms with Crippen LogP contribution >= 0.6 is 0 Å². The zero-order valence-electron chi connectivity index (χ0n) is 11.0. The van der Waals surface area contributed by atoms with E-state index in [4.69, 9.17) is 0 Å². The molecule has 0 bridgehead atoms. The molecule has 1 saturated carbocycles. The van der Waals surface area contributed by atoms with Gasteiger partial charge in [0.15, 0.2) is 0 Å². The van der Waals surface area contributed by atoms with Gasteiger partial charge in [-0.15, -0.1) is 0 Å². The van der Waals surface area contributed by atoms with Crippen LogP contribution in [0.15, 0.2) is 24.3 Å². The first kappa shape index (κ1) is 12.9. The molecule has 1 amide bonds. The second-order valence-electron chi connectivity index (χ2n) is 4.98. The third kappa shape index (κ3) is 4.06. The number of anilines is 2. The van der Waals surface area contributed by atoms with Crippen molar-refractivity contribution in [3.63, 3.8) is 0 Å². The third-order valence-corrected chi connectivity index (χ3v) is 3.19. The molecule has 0 saturated heterocycles. The van der Waals surface area contributed by atoms with Crippen LogP contribution in [0.2, 0.25) is 0 Å². The maximum absolute atomic E-state index is 11.7. The van der Waals surface area contributed by atoms with Gasteiger partial charge in [0.25, 0.3) is 0 Å². The highest BCUT2D eigenvalue weighted by Crippen LogP contribution is 2.30. The molecule has 98 valence electrons. The summed E-state index contributed by atoms with van der Waals surface area (Å²) in [7, 11) is 0. The van der Waals surface area contributed by atoms with Gasteiger partial charge in [0, 0.05) is 23.8 Å². The number of amides is 1. The number of hydrogen-bond donors (Lipinski definition) is 2. The smallest absolute Gasteiger partial charge is 0.227 e. The number of carbonyl (C=O) groups is 1. The van der Waals surface area contributed by atoms with Crippen LogP contribution in [0, 0.1) is 5.92 Å². The highest BCUT2D eigenvalue weighted by atomic mass is 16.2. The lowest BCUT2D eigenvalue weighted by Gasteiger charge is -2.09. The zero-order valence-corrected chi connectivity index (χ0v) is 11.0. The molecule has 3 nitrogen and oxygen atoms in total. The summed E-state index contributed by atoms with van der Waals surface area (Å²) in [4.78, 5) is 11.7. The number of nitrogens with one attached hydrogen (secondary N) is 2. The number of rotatable bonds is 7. The van der Waals surface area contributed by atoms with Crippen LogP contribution in [-0.4, -0.2) is 12.5 Å². The Morgan fingerprint density at radius 2 is 2.06 bits per heavy atom. The second-order valence-corrected chi connectivity index (χ2v) is 4.98. The van der Waals surface area contributed by atoms with E-state index in [1.54, 1.807) is 0 Å². The molecule has 1 aliphatic carbocycles. The first-order valence-electron chi connectivity index (χ1n) is 6.94. The lowest BCUT2D eigenvalue weighted by molar-refractivity contribution is -0.117. The van der Waals surface area contributed by atoms with Gasteiger partial charge in [-0.05, 0) is 37.5 Å². The van der Waals surface area contributed by atoms with Crippen LogP contribution in [0.25, 0.3) is 0 Å². The molecule has 2 N–H and O–H groups in total. The van der Waals surface area contributed by atoms with Crippen molar-refractivity contribution < 1.29 is 4.79 Å². The molecular weight excluding hydrogens is 224 g/mol. The molecule has 3 heteroatoms. The van der Waals surface area contributed by atoms with Gasteiger partial charge >= 0.3 is 0 Å². The quantitative estimate of drug-likeness (QED) is 0.721.